The van der Waals surface area contributed by atoms with Gasteiger partial charge in [-0.25, -0.2) is 0 Å². The molecule has 2 fully saturated rings. The number of aryl methyl sites for hydroxylation is 1. The smallest absolute Gasteiger partial charge is 0.274 e. The summed E-state index contributed by atoms with van der Waals surface area (Å²) in [5.74, 6) is 0. The fourth-order valence-electron chi connectivity index (χ4n) is 4.27. The number of anilines is 1. The largest absolute Gasteiger partial charge is 0.382 e. The fraction of sp³-hybridized carbons (Fsp3) is 0.435. The van der Waals surface area contributed by atoms with Crippen molar-refractivity contribution in [1.82, 2.24) is 9.55 Å². The van der Waals surface area contributed by atoms with Crippen molar-refractivity contribution < 1.29 is 0 Å². The van der Waals surface area contributed by atoms with Gasteiger partial charge in [0.15, 0.2) is 0 Å². The molecule has 3 aromatic rings. The van der Waals surface area contributed by atoms with E-state index in [0.717, 1.165) is 16.2 Å². The summed E-state index contributed by atoms with van der Waals surface area (Å²) in [4.78, 5) is 17.0. The van der Waals surface area contributed by atoms with Crippen molar-refractivity contribution in [3.8, 4) is 11.1 Å². The molecule has 2 N–H and O–H groups in total. The first-order valence-electron chi connectivity index (χ1n) is 10.4. The van der Waals surface area contributed by atoms with E-state index in [1.807, 2.05) is 37.3 Å². The van der Waals surface area contributed by atoms with Crippen molar-refractivity contribution in [3.05, 3.63) is 47.0 Å². The van der Waals surface area contributed by atoms with Gasteiger partial charge in [-0.05, 0) is 49.9 Å². The minimum atomic E-state index is 0.0223. The first-order chi connectivity index (χ1) is 13.7. The van der Waals surface area contributed by atoms with Crippen molar-refractivity contribution in [2.75, 3.05) is 5.32 Å². The Morgan fingerprint density at radius 3 is 2.68 bits per heavy atom. The van der Waals surface area contributed by atoms with E-state index in [1.165, 1.54) is 61.1 Å². The predicted octanol–water partition coefficient (Wildman–Crippen LogP) is 5.53. The summed E-state index contributed by atoms with van der Waals surface area (Å²) in [6, 6.07) is 9.40. The van der Waals surface area contributed by atoms with Crippen LogP contribution in [0.25, 0.3) is 22.0 Å². The minimum absolute atomic E-state index is 0.0223. The molecule has 2 saturated carbocycles. The molecular formula is C23H27N3OS. The Hall–Kier alpha value is -2.14. The van der Waals surface area contributed by atoms with Crippen LogP contribution in [0.1, 0.15) is 44.9 Å². The van der Waals surface area contributed by atoms with Crippen LogP contribution >= 0.6 is 11.8 Å². The zero-order valence-corrected chi connectivity index (χ0v) is 17.1. The lowest BCUT2D eigenvalue weighted by Gasteiger charge is -2.26. The highest BCUT2D eigenvalue weighted by atomic mass is 32.2. The van der Waals surface area contributed by atoms with Crippen molar-refractivity contribution in [2.45, 2.75) is 61.1 Å². The Bertz CT molecular complexity index is 1060. The lowest BCUT2D eigenvalue weighted by atomic mass is 9.94. The number of rotatable bonds is 5. The van der Waals surface area contributed by atoms with E-state index >= 15 is 0 Å². The summed E-state index contributed by atoms with van der Waals surface area (Å²) in [7, 11) is 1.84. The maximum atomic E-state index is 12.5. The molecule has 1 aromatic carbocycles. The van der Waals surface area contributed by atoms with E-state index < -0.39 is 0 Å². The highest BCUT2D eigenvalue weighted by molar-refractivity contribution is 8.00. The highest BCUT2D eigenvalue weighted by Gasteiger charge is 2.24. The Morgan fingerprint density at radius 1 is 1.07 bits per heavy atom. The number of benzene rings is 1. The number of fused-ring (bicyclic) bond motifs is 1. The second-order valence-electron chi connectivity index (χ2n) is 8.23. The molecule has 2 aromatic heterocycles. The minimum Gasteiger partial charge on any atom is -0.382 e. The van der Waals surface area contributed by atoms with Gasteiger partial charge in [0.1, 0.15) is 5.52 Å². The Labute approximate surface area is 169 Å². The van der Waals surface area contributed by atoms with Crippen LogP contribution < -0.4 is 10.9 Å². The van der Waals surface area contributed by atoms with Gasteiger partial charge in [0.2, 0.25) is 0 Å². The second-order valence-corrected chi connectivity index (χ2v) is 9.60. The molecule has 146 valence electrons. The van der Waals surface area contributed by atoms with E-state index in [0.29, 0.717) is 11.6 Å². The van der Waals surface area contributed by atoms with Crippen LogP contribution in [-0.2, 0) is 7.05 Å². The molecule has 2 heterocycles. The van der Waals surface area contributed by atoms with Crippen LogP contribution in [0.4, 0.5) is 5.69 Å². The Morgan fingerprint density at radius 2 is 1.89 bits per heavy atom. The molecule has 5 heteroatoms. The van der Waals surface area contributed by atoms with Gasteiger partial charge in [-0.3, -0.25) is 4.79 Å². The average Bonchev–Trinajstić information content (AvgIpc) is 3.38. The molecule has 0 bridgehead atoms. The normalized spacial score (nSPS) is 17.9. The van der Waals surface area contributed by atoms with Crippen molar-refractivity contribution in [1.29, 1.82) is 0 Å². The Kier molecular flexibility index (Phi) is 4.71. The van der Waals surface area contributed by atoms with Crippen LogP contribution in [0.3, 0.4) is 0 Å². The third kappa shape index (κ3) is 3.48. The van der Waals surface area contributed by atoms with Gasteiger partial charge in [-0.1, -0.05) is 19.3 Å². The number of hydrogen-bond donors (Lipinski definition) is 2. The van der Waals surface area contributed by atoms with E-state index in [2.05, 4.69) is 28.5 Å². The number of aromatic amines is 1. The van der Waals surface area contributed by atoms with Gasteiger partial charge in [0, 0.05) is 57.8 Å². The molecule has 2 aliphatic carbocycles. The molecule has 0 aliphatic heterocycles. The molecule has 0 spiro atoms. The summed E-state index contributed by atoms with van der Waals surface area (Å²) in [6.45, 7) is 0. The quantitative estimate of drug-likeness (QED) is 0.599. The molecule has 2 aliphatic rings. The number of H-pyrrole nitrogens is 1. The van der Waals surface area contributed by atoms with Crippen LogP contribution in [0.15, 0.2) is 46.3 Å². The number of nitrogens with one attached hydrogen (secondary N) is 2. The molecule has 0 atom stereocenters. The first kappa shape index (κ1) is 17.9. The van der Waals surface area contributed by atoms with Crippen LogP contribution in [0, 0.1) is 0 Å². The lowest BCUT2D eigenvalue weighted by molar-refractivity contribution is 0.463. The number of pyridine rings is 1. The molecule has 0 unspecified atom stereocenters. The third-order valence-electron chi connectivity index (χ3n) is 5.97. The van der Waals surface area contributed by atoms with Crippen molar-refractivity contribution in [2.24, 2.45) is 7.05 Å². The van der Waals surface area contributed by atoms with E-state index in [1.54, 1.807) is 4.57 Å². The van der Waals surface area contributed by atoms with Crippen LogP contribution in [0.2, 0.25) is 0 Å². The summed E-state index contributed by atoms with van der Waals surface area (Å²) in [5.41, 5.74) is 4.22. The summed E-state index contributed by atoms with van der Waals surface area (Å²) < 4.78 is 1.69. The summed E-state index contributed by atoms with van der Waals surface area (Å²) in [6.07, 6.45) is 13.0. The topological polar surface area (TPSA) is 49.8 Å². The molecule has 4 nitrogen and oxygen atoms in total. The zero-order chi connectivity index (χ0) is 19.1. The van der Waals surface area contributed by atoms with Crippen molar-refractivity contribution in [3.63, 3.8) is 0 Å². The number of aromatic nitrogens is 2. The second kappa shape index (κ2) is 7.36. The molecule has 5 rings (SSSR count). The fourth-order valence-corrected chi connectivity index (χ4v) is 5.36. The van der Waals surface area contributed by atoms with Gasteiger partial charge < -0.3 is 14.9 Å². The van der Waals surface area contributed by atoms with Gasteiger partial charge in [-0.15, -0.1) is 11.8 Å². The zero-order valence-electron chi connectivity index (χ0n) is 16.3. The van der Waals surface area contributed by atoms with Crippen LogP contribution in [-0.4, -0.2) is 20.8 Å². The first-order valence-corrected chi connectivity index (χ1v) is 11.3. The lowest BCUT2D eigenvalue weighted by Crippen LogP contribution is -2.22. The van der Waals surface area contributed by atoms with E-state index in [9.17, 15) is 4.79 Å². The maximum Gasteiger partial charge on any atom is 0.274 e. The standard InChI is InChI=1S/C23H27N3OS/c1-26-14-20(18-11-12-24-22(18)23(26)27)19-13-17(28-16-7-8-16)9-10-21(19)25-15-5-3-2-4-6-15/h9-16,24-25H,2-8H2,1H3. The van der Waals surface area contributed by atoms with Gasteiger partial charge >= 0.3 is 0 Å². The van der Waals surface area contributed by atoms with E-state index in [-0.39, 0.29) is 5.56 Å². The summed E-state index contributed by atoms with van der Waals surface area (Å²) in [5, 5.41) is 5.61. The van der Waals surface area contributed by atoms with E-state index in [4.69, 9.17) is 0 Å². The van der Waals surface area contributed by atoms with Gasteiger partial charge in [-0.2, -0.15) is 0 Å². The monoisotopic (exact) mass is 393 g/mol. The SMILES string of the molecule is Cn1cc(-c2cc(SC3CC3)ccc2NC2CCCCC2)c2cc[nH]c2c1=O. The highest BCUT2D eigenvalue weighted by Crippen LogP contribution is 2.42. The third-order valence-corrected chi connectivity index (χ3v) is 7.30. The molecule has 0 radical (unpaired) electrons. The molecule has 0 saturated heterocycles. The summed E-state index contributed by atoms with van der Waals surface area (Å²) >= 11 is 1.98. The van der Waals surface area contributed by atoms with Crippen LogP contribution in [0.5, 0.6) is 0 Å². The molecular weight excluding hydrogens is 366 g/mol. The maximum absolute atomic E-state index is 12.5. The predicted molar refractivity (Wildman–Crippen MR) is 118 cm³/mol. The molecule has 0 amide bonds. The number of hydrogen-bond acceptors (Lipinski definition) is 3. The number of nitrogens with zero attached hydrogens (tertiary/aromatic N) is 1. The van der Waals surface area contributed by atoms with Gasteiger partial charge in [0.25, 0.3) is 5.56 Å². The van der Waals surface area contributed by atoms with Crippen molar-refractivity contribution >= 4 is 28.4 Å². The molecule has 28 heavy (non-hydrogen) atoms. The van der Waals surface area contributed by atoms with Gasteiger partial charge in [0.05, 0.1) is 0 Å². The average molecular weight is 394 g/mol. The number of thioether (sulfide) groups is 1. The Balaban J connectivity index is 1.62.